The van der Waals surface area contributed by atoms with E-state index in [0.717, 1.165) is 32.1 Å². The van der Waals surface area contributed by atoms with Gasteiger partial charge in [-0.2, -0.15) is 0 Å². The second-order valence-electron chi connectivity index (χ2n) is 16.0. The second kappa shape index (κ2) is 41.8. The average molecular weight is 722 g/mol. The molecular weight excluding hydrogens is 631 g/mol. The Bertz CT molecular complexity index is 713. The molecule has 51 heavy (non-hydrogen) atoms. The van der Waals surface area contributed by atoms with Crippen LogP contribution in [0.3, 0.4) is 0 Å². The molecule has 0 heterocycles. The summed E-state index contributed by atoms with van der Waals surface area (Å²) in [4.78, 5) is 12.5. The zero-order valence-corrected chi connectivity index (χ0v) is 34.5. The summed E-state index contributed by atoms with van der Waals surface area (Å²) in [5, 5.41) is 33.4. The molecule has 0 aliphatic rings. The van der Waals surface area contributed by atoms with Gasteiger partial charge in [-0.1, -0.05) is 219 Å². The number of allylic oxidation sites excluding steroid dienone is 2. The summed E-state index contributed by atoms with van der Waals surface area (Å²) in [7, 11) is 0. The Labute approximate surface area is 319 Å². The molecule has 0 bridgehead atoms. The van der Waals surface area contributed by atoms with Gasteiger partial charge in [-0.25, -0.2) is 0 Å². The molecule has 4 N–H and O–H groups in total. The monoisotopic (exact) mass is 722 g/mol. The van der Waals surface area contributed by atoms with E-state index in [9.17, 15) is 20.1 Å². The zero-order chi connectivity index (χ0) is 37.3. The fraction of sp³-hybridized carbons (Fsp3) is 0.935. The Kier molecular flexibility index (Phi) is 41.1. The SMILES string of the molecule is CCCCCCCCCCCCC/C=C\CCCCCCCC(O)CC(=O)NC(CO)C(O)CCCCCCCCCCCCCCCCCC. The lowest BCUT2D eigenvalue weighted by Gasteiger charge is -2.23. The number of aliphatic hydroxyl groups excluding tert-OH is 3. The van der Waals surface area contributed by atoms with E-state index in [-0.39, 0.29) is 18.9 Å². The van der Waals surface area contributed by atoms with Gasteiger partial charge in [-0.3, -0.25) is 4.79 Å². The van der Waals surface area contributed by atoms with Gasteiger partial charge in [-0.15, -0.1) is 0 Å². The van der Waals surface area contributed by atoms with Gasteiger partial charge in [0.15, 0.2) is 0 Å². The third kappa shape index (κ3) is 38.6. The summed E-state index contributed by atoms with van der Waals surface area (Å²) in [5.74, 6) is -0.285. The number of carbonyl (C=O) groups excluding carboxylic acids is 1. The van der Waals surface area contributed by atoms with Crippen molar-refractivity contribution in [3.05, 3.63) is 12.2 Å². The van der Waals surface area contributed by atoms with Crippen molar-refractivity contribution in [1.82, 2.24) is 5.32 Å². The van der Waals surface area contributed by atoms with Gasteiger partial charge in [0.2, 0.25) is 5.91 Å². The van der Waals surface area contributed by atoms with E-state index in [1.807, 2.05) is 0 Å². The fourth-order valence-electron chi connectivity index (χ4n) is 7.28. The molecule has 0 fully saturated rings. The van der Waals surface area contributed by atoms with Crippen LogP contribution in [0.25, 0.3) is 0 Å². The highest BCUT2D eigenvalue weighted by molar-refractivity contribution is 5.76. The van der Waals surface area contributed by atoms with Crippen LogP contribution in [0.2, 0.25) is 0 Å². The van der Waals surface area contributed by atoms with Crippen LogP contribution >= 0.6 is 0 Å². The van der Waals surface area contributed by atoms with E-state index in [2.05, 4.69) is 31.3 Å². The molecule has 3 unspecified atom stereocenters. The largest absolute Gasteiger partial charge is 0.394 e. The van der Waals surface area contributed by atoms with Crippen molar-refractivity contribution in [2.45, 2.75) is 270 Å². The van der Waals surface area contributed by atoms with E-state index in [0.29, 0.717) is 12.8 Å². The topological polar surface area (TPSA) is 89.8 Å². The first-order valence-electron chi connectivity index (χ1n) is 23.0. The van der Waals surface area contributed by atoms with E-state index in [1.165, 1.54) is 186 Å². The van der Waals surface area contributed by atoms with Crippen molar-refractivity contribution < 1.29 is 20.1 Å². The normalized spacial score (nSPS) is 13.6. The minimum atomic E-state index is -0.748. The van der Waals surface area contributed by atoms with E-state index in [4.69, 9.17) is 0 Å². The highest BCUT2D eigenvalue weighted by atomic mass is 16.3. The number of nitrogens with one attached hydrogen (secondary N) is 1. The molecule has 0 aliphatic carbocycles. The molecule has 5 nitrogen and oxygen atoms in total. The van der Waals surface area contributed by atoms with Crippen molar-refractivity contribution in [2.24, 2.45) is 0 Å². The molecule has 0 spiro atoms. The highest BCUT2D eigenvalue weighted by Gasteiger charge is 2.21. The minimum absolute atomic E-state index is 0.0339. The maximum atomic E-state index is 12.5. The highest BCUT2D eigenvalue weighted by Crippen LogP contribution is 2.16. The smallest absolute Gasteiger partial charge is 0.222 e. The maximum Gasteiger partial charge on any atom is 0.222 e. The molecule has 3 atom stereocenters. The predicted octanol–water partition coefficient (Wildman–Crippen LogP) is 13.2. The van der Waals surface area contributed by atoms with Crippen molar-refractivity contribution in [2.75, 3.05) is 6.61 Å². The lowest BCUT2D eigenvalue weighted by atomic mass is 10.0. The van der Waals surface area contributed by atoms with E-state index in [1.54, 1.807) is 0 Å². The molecule has 0 radical (unpaired) electrons. The van der Waals surface area contributed by atoms with Crippen LogP contribution in [0, 0.1) is 0 Å². The third-order valence-corrected chi connectivity index (χ3v) is 10.8. The van der Waals surface area contributed by atoms with Crippen molar-refractivity contribution >= 4 is 5.91 Å². The lowest BCUT2D eigenvalue weighted by molar-refractivity contribution is -0.125. The second-order valence-corrected chi connectivity index (χ2v) is 16.0. The molecule has 5 heteroatoms. The number of hydrogen-bond acceptors (Lipinski definition) is 4. The molecule has 0 saturated carbocycles. The van der Waals surface area contributed by atoms with Crippen molar-refractivity contribution in [1.29, 1.82) is 0 Å². The van der Waals surface area contributed by atoms with Gasteiger partial charge < -0.3 is 20.6 Å². The molecule has 1 amide bonds. The standard InChI is InChI=1S/C46H91NO4/c1-3-5-7-9-11-13-15-17-19-21-22-23-24-25-27-29-31-33-35-37-39-43(49)41-46(51)47-44(42-48)45(50)40-38-36-34-32-30-28-26-20-18-16-14-12-10-8-6-4-2/h24-25,43-45,48-50H,3-23,26-42H2,1-2H3,(H,47,51)/b25-24-. The van der Waals surface area contributed by atoms with Gasteiger partial charge in [0.05, 0.1) is 31.3 Å². The predicted molar refractivity (Wildman–Crippen MR) is 222 cm³/mol. The Morgan fingerprint density at radius 1 is 0.471 bits per heavy atom. The molecule has 0 aromatic rings. The average Bonchev–Trinajstić information content (AvgIpc) is 3.12. The number of unbranched alkanes of at least 4 members (excludes halogenated alkanes) is 31. The summed E-state index contributed by atoms with van der Waals surface area (Å²) in [6.07, 6.45) is 48.9. The summed E-state index contributed by atoms with van der Waals surface area (Å²) < 4.78 is 0. The first kappa shape index (κ1) is 50.1. The Balaban J connectivity index is 3.60. The molecule has 0 aromatic carbocycles. The molecule has 0 aromatic heterocycles. The molecular formula is C46H91NO4. The van der Waals surface area contributed by atoms with Crippen LogP contribution in [0.5, 0.6) is 0 Å². The number of rotatable bonds is 42. The number of amides is 1. The Hall–Kier alpha value is -0.910. The Morgan fingerprint density at radius 3 is 1.14 bits per heavy atom. The molecule has 0 rings (SSSR count). The summed E-state index contributed by atoms with van der Waals surface area (Å²) in [5.41, 5.74) is 0. The van der Waals surface area contributed by atoms with Gasteiger partial charge in [0.1, 0.15) is 0 Å². The molecule has 0 aliphatic heterocycles. The summed E-state index contributed by atoms with van der Waals surface area (Å²) in [6.45, 7) is 4.28. The maximum absolute atomic E-state index is 12.5. The number of hydrogen-bond donors (Lipinski definition) is 4. The Morgan fingerprint density at radius 2 is 0.784 bits per heavy atom. The van der Waals surface area contributed by atoms with Gasteiger partial charge in [-0.05, 0) is 38.5 Å². The van der Waals surface area contributed by atoms with Crippen LogP contribution in [0.15, 0.2) is 12.2 Å². The summed E-state index contributed by atoms with van der Waals surface area (Å²) in [6, 6.07) is -0.658. The van der Waals surface area contributed by atoms with Crippen LogP contribution in [0.4, 0.5) is 0 Å². The van der Waals surface area contributed by atoms with E-state index < -0.39 is 18.2 Å². The summed E-state index contributed by atoms with van der Waals surface area (Å²) >= 11 is 0. The van der Waals surface area contributed by atoms with Gasteiger partial charge >= 0.3 is 0 Å². The van der Waals surface area contributed by atoms with Crippen molar-refractivity contribution in [3.8, 4) is 0 Å². The molecule has 304 valence electrons. The third-order valence-electron chi connectivity index (χ3n) is 10.8. The van der Waals surface area contributed by atoms with Gasteiger partial charge in [0, 0.05) is 0 Å². The van der Waals surface area contributed by atoms with Gasteiger partial charge in [0.25, 0.3) is 0 Å². The fourth-order valence-corrected chi connectivity index (χ4v) is 7.28. The minimum Gasteiger partial charge on any atom is -0.394 e. The van der Waals surface area contributed by atoms with E-state index >= 15 is 0 Å². The first-order chi connectivity index (χ1) is 25.0. The van der Waals surface area contributed by atoms with Crippen molar-refractivity contribution in [3.63, 3.8) is 0 Å². The number of carbonyl (C=O) groups is 1. The van der Waals surface area contributed by atoms with Crippen LogP contribution in [-0.4, -0.2) is 46.1 Å². The van der Waals surface area contributed by atoms with Crippen LogP contribution < -0.4 is 5.32 Å². The number of aliphatic hydroxyl groups is 3. The first-order valence-corrected chi connectivity index (χ1v) is 23.0. The quantitative estimate of drug-likeness (QED) is 0.0373. The van der Waals surface area contributed by atoms with Crippen LogP contribution in [0.1, 0.15) is 251 Å². The zero-order valence-electron chi connectivity index (χ0n) is 34.5. The van der Waals surface area contributed by atoms with Crippen LogP contribution in [-0.2, 0) is 4.79 Å². The molecule has 0 saturated heterocycles. The lowest BCUT2D eigenvalue weighted by Crippen LogP contribution is -2.46.